The molecule has 0 unspecified atom stereocenters. The summed E-state index contributed by atoms with van der Waals surface area (Å²) in [7, 11) is 0. The zero-order chi connectivity index (χ0) is 7.15. The van der Waals surface area contributed by atoms with Crippen LogP contribution in [0, 0.1) is 5.92 Å². The maximum absolute atomic E-state index is 3.56. The summed E-state index contributed by atoms with van der Waals surface area (Å²) in [5.41, 5.74) is 1.17. The van der Waals surface area contributed by atoms with Gasteiger partial charge in [0.15, 0.2) is 0 Å². The SMILES string of the molecule is C.C=C(C)C.C[C-](C)C.[Rh]. The van der Waals surface area contributed by atoms with Crippen molar-refractivity contribution in [3.63, 3.8) is 0 Å². The largest absolute Gasteiger partial charge is 0.323 e. The molecule has 0 aliphatic rings. The van der Waals surface area contributed by atoms with Gasteiger partial charge in [0, 0.05) is 19.5 Å². The number of hydrogen-bond acceptors (Lipinski definition) is 0. The summed E-state index contributed by atoms with van der Waals surface area (Å²) in [4.78, 5) is 0. The van der Waals surface area contributed by atoms with E-state index in [-0.39, 0.29) is 26.9 Å². The molecule has 67 valence electrons. The summed E-state index contributed by atoms with van der Waals surface area (Å²) < 4.78 is 0. The molecule has 0 amide bonds. The molecule has 1 heteroatoms. The molecule has 0 aliphatic carbocycles. The van der Waals surface area contributed by atoms with Crippen LogP contribution in [0.25, 0.3) is 0 Å². The molecule has 0 saturated carbocycles. The second-order valence-electron chi connectivity index (χ2n) is 2.71. The van der Waals surface area contributed by atoms with Crippen LogP contribution in [0.3, 0.4) is 0 Å². The molecule has 0 atom stereocenters. The predicted molar refractivity (Wildman–Crippen MR) is 47.5 cm³/mol. The van der Waals surface area contributed by atoms with Gasteiger partial charge in [-0.2, -0.15) is 20.8 Å². The third kappa shape index (κ3) is 3430. The van der Waals surface area contributed by atoms with Gasteiger partial charge >= 0.3 is 0 Å². The van der Waals surface area contributed by atoms with Gasteiger partial charge in [-0.15, -0.1) is 6.58 Å². The van der Waals surface area contributed by atoms with Crippen molar-refractivity contribution in [3.8, 4) is 0 Å². The summed E-state index contributed by atoms with van der Waals surface area (Å²) in [5.74, 6) is 1.42. The maximum atomic E-state index is 3.56. The first-order valence-electron chi connectivity index (χ1n) is 2.85. The third-order valence-electron chi connectivity index (χ3n) is 0. The molecule has 10 heavy (non-hydrogen) atoms. The summed E-state index contributed by atoms with van der Waals surface area (Å²) in [6, 6.07) is 0. The van der Waals surface area contributed by atoms with Gasteiger partial charge in [-0.3, -0.25) is 0 Å². The molecule has 0 saturated heterocycles. The van der Waals surface area contributed by atoms with Crippen LogP contribution in [0.15, 0.2) is 12.2 Å². The minimum atomic E-state index is 0. The molecule has 0 aromatic carbocycles. The Morgan fingerprint density at radius 2 is 1.10 bits per heavy atom. The van der Waals surface area contributed by atoms with Crippen molar-refractivity contribution in [1.29, 1.82) is 0 Å². The van der Waals surface area contributed by atoms with Gasteiger partial charge in [0.1, 0.15) is 0 Å². The van der Waals surface area contributed by atoms with Crippen molar-refractivity contribution >= 4 is 0 Å². The molecule has 0 aliphatic heterocycles. The van der Waals surface area contributed by atoms with E-state index < -0.39 is 0 Å². The third-order valence-corrected chi connectivity index (χ3v) is 0. The van der Waals surface area contributed by atoms with Gasteiger partial charge in [-0.25, -0.2) is 0 Å². The van der Waals surface area contributed by atoms with Crippen molar-refractivity contribution < 1.29 is 19.5 Å². The topological polar surface area (TPSA) is 0 Å². The Kier molecular flexibility index (Phi) is 36.3. The van der Waals surface area contributed by atoms with E-state index in [9.17, 15) is 0 Å². The van der Waals surface area contributed by atoms with Gasteiger partial charge in [0.25, 0.3) is 0 Å². The van der Waals surface area contributed by atoms with E-state index in [1.807, 2.05) is 13.8 Å². The summed E-state index contributed by atoms with van der Waals surface area (Å²) in [6.45, 7) is 13.8. The molecule has 0 aromatic heterocycles. The smallest absolute Gasteiger partial charge is 0 e. The molecule has 0 nitrogen and oxygen atoms in total. The van der Waals surface area contributed by atoms with Gasteiger partial charge in [-0.1, -0.05) is 13.0 Å². The van der Waals surface area contributed by atoms with E-state index in [1.54, 1.807) is 0 Å². The number of hydrogen-bond donors (Lipinski definition) is 0. The summed E-state index contributed by atoms with van der Waals surface area (Å²) in [5, 5.41) is 0. The van der Waals surface area contributed by atoms with E-state index in [2.05, 4.69) is 27.4 Å². The Morgan fingerprint density at radius 1 is 1.10 bits per heavy atom. The Labute approximate surface area is 79.9 Å². The Morgan fingerprint density at radius 3 is 1.10 bits per heavy atom. The van der Waals surface area contributed by atoms with Crippen molar-refractivity contribution in [3.05, 3.63) is 18.1 Å². The van der Waals surface area contributed by atoms with Crippen LogP contribution in [0.4, 0.5) is 0 Å². The average Bonchev–Trinajstić information content (AvgIpc) is 1.25. The van der Waals surface area contributed by atoms with Crippen LogP contribution in [0.2, 0.25) is 0 Å². The number of rotatable bonds is 0. The normalized spacial score (nSPS) is 6.20. The van der Waals surface area contributed by atoms with Gasteiger partial charge in [0.05, 0.1) is 0 Å². The van der Waals surface area contributed by atoms with E-state index >= 15 is 0 Å². The molecule has 0 heterocycles. The van der Waals surface area contributed by atoms with Gasteiger partial charge in [0.2, 0.25) is 0 Å². The second-order valence-corrected chi connectivity index (χ2v) is 2.71. The number of allylic oxidation sites excluding steroid dienone is 1. The summed E-state index contributed by atoms with van der Waals surface area (Å²) in [6.07, 6.45) is 0. The zero-order valence-electron chi connectivity index (χ0n) is 7.04. The maximum Gasteiger partial charge on any atom is 0 e. The molecule has 1 radical (unpaired) electrons. The van der Waals surface area contributed by atoms with Crippen molar-refractivity contribution in [2.45, 2.75) is 42.0 Å². The van der Waals surface area contributed by atoms with Gasteiger partial charge in [-0.05, 0) is 13.8 Å². The fraction of sp³-hybridized carbons (Fsp3) is 0.667. The van der Waals surface area contributed by atoms with Crippen LogP contribution in [-0.2, 0) is 19.5 Å². The van der Waals surface area contributed by atoms with E-state index in [1.165, 1.54) is 11.5 Å². The van der Waals surface area contributed by atoms with Crippen LogP contribution in [0.1, 0.15) is 42.0 Å². The van der Waals surface area contributed by atoms with Crippen molar-refractivity contribution in [1.82, 2.24) is 0 Å². The fourth-order valence-electron chi connectivity index (χ4n) is 0. The minimum Gasteiger partial charge on any atom is -0.323 e. The van der Waals surface area contributed by atoms with E-state index in [0.29, 0.717) is 0 Å². The van der Waals surface area contributed by atoms with Crippen LogP contribution < -0.4 is 0 Å². The Balaban J connectivity index is -0.0000000300. The first-order valence-corrected chi connectivity index (χ1v) is 2.85. The fourth-order valence-corrected chi connectivity index (χ4v) is 0. The zero-order valence-corrected chi connectivity index (χ0v) is 8.68. The molecule has 0 rings (SSSR count). The first-order chi connectivity index (χ1) is 3.46. The molecular weight excluding hydrogens is 211 g/mol. The minimum absolute atomic E-state index is 0. The van der Waals surface area contributed by atoms with Crippen LogP contribution in [-0.4, -0.2) is 0 Å². The molecule has 0 aromatic rings. The van der Waals surface area contributed by atoms with Crippen molar-refractivity contribution in [2.75, 3.05) is 0 Å². The van der Waals surface area contributed by atoms with Crippen molar-refractivity contribution in [2.24, 2.45) is 0 Å². The molecule has 0 bridgehead atoms. The monoisotopic (exact) mass is 232 g/mol. The van der Waals surface area contributed by atoms with Gasteiger partial charge < -0.3 is 5.92 Å². The molecular formula is C9H21Rh-. The van der Waals surface area contributed by atoms with Crippen LogP contribution >= 0.6 is 0 Å². The van der Waals surface area contributed by atoms with E-state index in [4.69, 9.17) is 0 Å². The molecule has 0 fully saturated rings. The molecule has 0 spiro atoms. The Hall–Kier alpha value is 0.363. The van der Waals surface area contributed by atoms with E-state index in [0.717, 1.165) is 0 Å². The average molecular weight is 232 g/mol. The van der Waals surface area contributed by atoms with Crippen LogP contribution in [0.5, 0.6) is 0 Å². The molecule has 0 N–H and O–H groups in total. The quantitative estimate of drug-likeness (QED) is 0.338. The Bertz CT molecular complexity index is 49.0. The predicted octanol–water partition coefficient (Wildman–Crippen LogP) is 3.84. The second kappa shape index (κ2) is 16.2. The summed E-state index contributed by atoms with van der Waals surface area (Å²) >= 11 is 0. The standard InChI is InChI=1S/C4H9.C4H8.CH4.Rh/c2*1-4(2)3;;/h1-3H3;1H2,2-3H3;1H4;/q-1;;;. The first kappa shape index (κ1) is 22.4.